The fourth-order valence-electron chi connectivity index (χ4n) is 3.68. The summed E-state index contributed by atoms with van der Waals surface area (Å²) in [5, 5.41) is 0. The van der Waals surface area contributed by atoms with Crippen LogP contribution in [0.25, 0.3) is 11.4 Å². The van der Waals surface area contributed by atoms with Crippen molar-refractivity contribution >= 4 is 17.3 Å². The molecule has 0 saturated heterocycles. The third kappa shape index (κ3) is 3.68. The maximum atomic E-state index is 13.0. The summed E-state index contributed by atoms with van der Waals surface area (Å²) < 4.78 is 5.92. The highest BCUT2D eigenvalue weighted by molar-refractivity contribution is 6.09. The molecule has 2 aliphatic rings. The topological polar surface area (TPSA) is 32.8 Å². The second-order valence-corrected chi connectivity index (χ2v) is 8.09. The van der Waals surface area contributed by atoms with Gasteiger partial charge in [0.05, 0.1) is 6.61 Å². The molecule has 2 atom stereocenters. The number of fused-ring (bicyclic) bond motifs is 2. The number of amides is 1. The molecule has 2 heterocycles. The number of hydrogen-bond donors (Lipinski definition) is 0. The highest BCUT2D eigenvalue weighted by atomic mass is 16.5. The zero-order valence-corrected chi connectivity index (χ0v) is 17.2. The summed E-state index contributed by atoms with van der Waals surface area (Å²) >= 11 is 0. The Hall–Kier alpha value is -2.07. The molecule has 0 spiro atoms. The molecule has 2 unspecified atom stereocenters. The smallest absolute Gasteiger partial charge is 0.258 e. The van der Waals surface area contributed by atoms with Crippen LogP contribution in [0.3, 0.4) is 0 Å². The van der Waals surface area contributed by atoms with Crippen LogP contribution in [0, 0.1) is 11.8 Å². The highest BCUT2D eigenvalue weighted by Gasteiger charge is 2.34. The van der Waals surface area contributed by atoms with Crippen molar-refractivity contribution in [2.45, 2.75) is 47.1 Å². The van der Waals surface area contributed by atoms with Gasteiger partial charge in [-0.05, 0) is 29.5 Å². The first kappa shape index (κ1) is 19.7. The molecule has 4 heteroatoms. The lowest BCUT2D eigenvalue weighted by Crippen LogP contribution is -2.28. The normalized spacial score (nSPS) is 19.0. The molecule has 27 heavy (non-hydrogen) atoms. The molecule has 1 aromatic carbocycles. The van der Waals surface area contributed by atoms with Crippen molar-refractivity contribution in [2.75, 3.05) is 19.8 Å². The van der Waals surface area contributed by atoms with Gasteiger partial charge in [0.1, 0.15) is 6.73 Å². The molecular formula is C23H32N2O2. The largest absolute Gasteiger partial charge is 0.356 e. The van der Waals surface area contributed by atoms with E-state index in [2.05, 4.69) is 51.8 Å². The van der Waals surface area contributed by atoms with Crippen molar-refractivity contribution in [3.63, 3.8) is 0 Å². The van der Waals surface area contributed by atoms with Crippen LogP contribution in [0.5, 0.6) is 0 Å². The van der Waals surface area contributed by atoms with E-state index in [1.165, 1.54) is 0 Å². The number of rotatable bonds is 6. The molecule has 0 bridgehead atoms. The van der Waals surface area contributed by atoms with E-state index < -0.39 is 0 Å². The number of carbonyl (C=O) groups excluding carboxylic acids is 1. The molecular weight excluding hydrogens is 336 g/mol. The van der Waals surface area contributed by atoms with Gasteiger partial charge in [0.15, 0.2) is 0 Å². The first-order valence-corrected chi connectivity index (χ1v) is 10.1. The zero-order chi connectivity index (χ0) is 19.7. The second kappa shape index (κ2) is 7.89. The molecule has 0 fully saturated rings. The Morgan fingerprint density at radius 2 is 1.67 bits per heavy atom. The molecule has 0 N–H and O–H groups in total. The molecule has 146 valence electrons. The molecule has 3 rings (SSSR count). The lowest BCUT2D eigenvalue weighted by molar-refractivity contribution is 0.0483. The molecule has 4 nitrogen and oxygen atoms in total. The van der Waals surface area contributed by atoms with Gasteiger partial charge in [0.2, 0.25) is 0 Å². The van der Waals surface area contributed by atoms with Gasteiger partial charge in [-0.1, -0.05) is 53.7 Å². The minimum atomic E-state index is 0.0598. The average molecular weight is 369 g/mol. The van der Waals surface area contributed by atoms with Crippen LogP contribution in [0.2, 0.25) is 0 Å². The fraction of sp³-hybridized carbons (Fsp3) is 0.522. The van der Waals surface area contributed by atoms with Gasteiger partial charge >= 0.3 is 0 Å². The SMILES string of the molecule is C=C1c2cc3c(cc2COCN1CC(C)CC)C(=C)N(CC(C)CC)C3=O. The first-order valence-electron chi connectivity index (χ1n) is 10.1. The van der Waals surface area contributed by atoms with Crippen LogP contribution in [-0.2, 0) is 11.3 Å². The van der Waals surface area contributed by atoms with Crippen LogP contribution in [0.15, 0.2) is 25.3 Å². The second-order valence-electron chi connectivity index (χ2n) is 8.09. The van der Waals surface area contributed by atoms with Crippen LogP contribution in [-0.4, -0.2) is 35.5 Å². The Labute approximate surface area is 163 Å². The van der Waals surface area contributed by atoms with Gasteiger partial charge in [-0.2, -0.15) is 0 Å². The van der Waals surface area contributed by atoms with Gasteiger partial charge in [-0.25, -0.2) is 0 Å². The van der Waals surface area contributed by atoms with Crippen molar-refractivity contribution in [3.05, 3.63) is 47.5 Å². The van der Waals surface area contributed by atoms with Gasteiger partial charge in [-0.15, -0.1) is 0 Å². The van der Waals surface area contributed by atoms with Crippen LogP contribution in [0.1, 0.15) is 67.6 Å². The van der Waals surface area contributed by atoms with Crippen LogP contribution in [0.4, 0.5) is 0 Å². The predicted octanol–water partition coefficient (Wildman–Crippen LogP) is 4.97. The average Bonchev–Trinajstić information content (AvgIpc) is 2.80. The summed E-state index contributed by atoms with van der Waals surface area (Å²) in [5.74, 6) is 1.07. The maximum Gasteiger partial charge on any atom is 0.258 e. The van der Waals surface area contributed by atoms with Crippen molar-refractivity contribution in [1.29, 1.82) is 0 Å². The summed E-state index contributed by atoms with van der Waals surface area (Å²) in [5.41, 5.74) is 5.56. The van der Waals surface area contributed by atoms with E-state index in [0.717, 1.165) is 53.0 Å². The summed E-state index contributed by atoms with van der Waals surface area (Å²) in [6, 6.07) is 4.09. The summed E-state index contributed by atoms with van der Waals surface area (Å²) in [4.78, 5) is 17.1. The van der Waals surface area contributed by atoms with E-state index in [-0.39, 0.29) is 5.91 Å². The molecule has 2 aliphatic heterocycles. The van der Waals surface area contributed by atoms with Crippen molar-refractivity contribution in [3.8, 4) is 0 Å². The minimum absolute atomic E-state index is 0.0598. The Kier molecular flexibility index (Phi) is 5.75. The van der Waals surface area contributed by atoms with Gasteiger partial charge in [0.25, 0.3) is 5.91 Å². The first-order chi connectivity index (χ1) is 12.9. The maximum absolute atomic E-state index is 13.0. The summed E-state index contributed by atoms with van der Waals surface area (Å²) in [6.07, 6.45) is 2.16. The highest BCUT2D eigenvalue weighted by Crippen LogP contribution is 2.37. The van der Waals surface area contributed by atoms with E-state index in [1.54, 1.807) is 0 Å². The number of carbonyl (C=O) groups is 1. The van der Waals surface area contributed by atoms with Crippen molar-refractivity contribution in [1.82, 2.24) is 9.80 Å². The Morgan fingerprint density at radius 1 is 1.00 bits per heavy atom. The Balaban J connectivity index is 1.94. The van der Waals surface area contributed by atoms with Gasteiger partial charge < -0.3 is 14.5 Å². The van der Waals surface area contributed by atoms with E-state index >= 15 is 0 Å². The monoisotopic (exact) mass is 368 g/mol. The predicted molar refractivity (Wildman–Crippen MR) is 111 cm³/mol. The number of ether oxygens (including phenoxy) is 1. The van der Waals surface area contributed by atoms with Crippen molar-refractivity contribution < 1.29 is 9.53 Å². The Morgan fingerprint density at radius 3 is 2.33 bits per heavy atom. The number of hydrogen-bond acceptors (Lipinski definition) is 3. The lowest BCUT2D eigenvalue weighted by atomic mass is 9.97. The standard InChI is InChI=1S/C23H32N2O2/c1-7-15(3)11-24-14-27-13-19-9-21-18(6)25(12-16(4)8-2)23(26)22(21)10-20(19)17(24)5/h9-10,15-16H,5-8,11-14H2,1-4H3. The fourth-order valence-corrected chi connectivity index (χ4v) is 3.68. The number of nitrogens with zero attached hydrogens (tertiary/aromatic N) is 2. The quantitative estimate of drug-likeness (QED) is 0.711. The zero-order valence-electron chi connectivity index (χ0n) is 17.2. The third-order valence-corrected chi connectivity index (χ3v) is 5.97. The molecule has 0 saturated carbocycles. The molecule has 1 aromatic rings. The third-order valence-electron chi connectivity index (χ3n) is 5.97. The van der Waals surface area contributed by atoms with E-state index in [4.69, 9.17) is 4.74 Å². The summed E-state index contributed by atoms with van der Waals surface area (Å²) in [7, 11) is 0. The number of benzene rings is 1. The Bertz CT molecular complexity index is 768. The molecule has 1 amide bonds. The van der Waals surface area contributed by atoms with Crippen LogP contribution >= 0.6 is 0 Å². The van der Waals surface area contributed by atoms with Crippen LogP contribution < -0.4 is 0 Å². The summed E-state index contributed by atoms with van der Waals surface area (Å²) in [6.45, 7) is 20.0. The van der Waals surface area contributed by atoms with Gasteiger partial charge in [-0.3, -0.25) is 4.79 Å². The molecule has 0 aromatic heterocycles. The van der Waals surface area contributed by atoms with E-state index in [9.17, 15) is 4.79 Å². The van der Waals surface area contributed by atoms with Crippen molar-refractivity contribution in [2.24, 2.45) is 11.8 Å². The molecule has 0 radical (unpaired) electrons. The van der Waals surface area contributed by atoms with E-state index in [1.807, 2.05) is 11.0 Å². The molecule has 0 aliphatic carbocycles. The van der Waals surface area contributed by atoms with Gasteiger partial charge in [0, 0.05) is 41.2 Å². The van der Waals surface area contributed by atoms with E-state index in [0.29, 0.717) is 31.7 Å². The lowest BCUT2D eigenvalue weighted by Gasteiger charge is -2.27. The minimum Gasteiger partial charge on any atom is -0.356 e.